The van der Waals surface area contributed by atoms with Gasteiger partial charge in [0.2, 0.25) is 0 Å². The highest BCUT2D eigenvalue weighted by molar-refractivity contribution is 5.92. The van der Waals surface area contributed by atoms with E-state index in [9.17, 15) is 9.59 Å². The molecule has 0 aliphatic rings. The number of carbonyl (C=O) groups is 1. The van der Waals surface area contributed by atoms with E-state index in [2.05, 4.69) is 6.58 Å². The van der Waals surface area contributed by atoms with E-state index >= 15 is 0 Å². The van der Waals surface area contributed by atoms with Gasteiger partial charge in [0.1, 0.15) is 0 Å². The normalized spacial score (nSPS) is 10.2. The molecule has 0 aliphatic carbocycles. The van der Waals surface area contributed by atoms with Crippen molar-refractivity contribution in [1.29, 1.82) is 0 Å². The topological polar surface area (TPSA) is 48.3 Å². The van der Waals surface area contributed by atoms with E-state index in [1.165, 1.54) is 6.07 Å². The van der Waals surface area contributed by atoms with Crippen molar-refractivity contribution >= 4 is 5.97 Å². The molecule has 0 atom stereocenters. The molecule has 0 aromatic carbocycles. The number of ether oxygens (including phenoxy) is 1. The molecule has 4 heteroatoms. The molecule has 0 saturated heterocycles. The van der Waals surface area contributed by atoms with E-state index in [0.717, 1.165) is 5.57 Å². The van der Waals surface area contributed by atoms with Gasteiger partial charge in [-0.3, -0.25) is 4.79 Å². The first-order valence-electron chi connectivity index (χ1n) is 5.91. The van der Waals surface area contributed by atoms with Crippen LogP contribution < -0.4 is 5.56 Å². The van der Waals surface area contributed by atoms with Crippen molar-refractivity contribution in [3.8, 4) is 0 Å². The summed E-state index contributed by atoms with van der Waals surface area (Å²) in [4.78, 5) is 23.8. The lowest BCUT2D eigenvalue weighted by Crippen LogP contribution is -2.26. The van der Waals surface area contributed by atoms with Crippen molar-refractivity contribution in [1.82, 2.24) is 4.57 Å². The lowest BCUT2D eigenvalue weighted by molar-refractivity contribution is 0.0523. The fraction of sp³-hybridized carbons (Fsp3) is 0.429. The SMILES string of the molecule is C=C(C)Cn1c(C)c(C(=O)OCC)c(C)cc1=O. The lowest BCUT2D eigenvalue weighted by atomic mass is 10.1. The number of pyridine rings is 1. The Balaban J connectivity index is 3.39. The second-order valence-electron chi connectivity index (χ2n) is 4.39. The summed E-state index contributed by atoms with van der Waals surface area (Å²) in [6.45, 7) is 11.6. The summed E-state index contributed by atoms with van der Waals surface area (Å²) >= 11 is 0. The van der Waals surface area contributed by atoms with Crippen molar-refractivity contribution in [2.45, 2.75) is 34.2 Å². The highest BCUT2D eigenvalue weighted by atomic mass is 16.5. The Labute approximate surface area is 107 Å². The summed E-state index contributed by atoms with van der Waals surface area (Å²) in [5, 5.41) is 0. The molecule has 0 N–H and O–H groups in total. The number of esters is 1. The van der Waals surface area contributed by atoms with E-state index < -0.39 is 0 Å². The summed E-state index contributed by atoms with van der Waals surface area (Å²) in [6.07, 6.45) is 0. The minimum Gasteiger partial charge on any atom is -0.462 e. The molecular weight excluding hydrogens is 230 g/mol. The van der Waals surface area contributed by atoms with Crippen LogP contribution in [0.25, 0.3) is 0 Å². The Hall–Kier alpha value is -1.84. The molecule has 0 saturated carbocycles. The van der Waals surface area contributed by atoms with Crippen LogP contribution >= 0.6 is 0 Å². The fourth-order valence-electron chi connectivity index (χ4n) is 1.90. The van der Waals surface area contributed by atoms with E-state index in [0.29, 0.717) is 30.0 Å². The molecular formula is C14H19NO3. The highest BCUT2D eigenvalue weighted by Gasteiger charge is 2.17. The Kier molecular flexibility index (Phi) is 4.48. The van der Waals surface area contributed by atoms with Crippen LogP contribution in [0.2, 0.25) is 0 Å². The largest absolute Gasteiger partial charge is 0.462 e. The maximum Gasteiger partial charge on any atom is 0.340 e. The summed E-state index contributed by atoms with van der Waals surface area (Å²) in [7, 11) is 0. The summed E-state index contributed by atoms with van der Waals surface area (Å²) in [5.41, 5.74) is 2.48. The van der Waals surface area contributed by atoms with E-state index in [1.807, 2.05) is 6.92 Å². The van der Waals surface area contributed by atoms with Gasteiger partial charge >= 0.3 is 5.97 Å². The Morgan fingerprint density at radius 3 is 2.56 bits per heavy atom. The van der Waals surface area contributed by atoms with Crippen molar-refractivity contribution < 1.29 is 9.53 Å². The van der Waals surface area contributed by atoms with Crippen molar-refractivity contribution in [2.75, 3.05) is 6.61 Å². The molecule has 98 valence electrons. The molecule has 0 spiro atoms. The molecule has 1 aromatic rings. The number of rotatable bonds is 4. The van der Waals surface area contributed by atoms with Gasteiger partial charge in [0, 0.05) is 18.3 Å². The van der Waals surface area contributed by atoms with E-state index in [1.54, 1.807) is 25.3 Å². The molecule has 0 bridgehead atoms. The van der Waals surface area contributed by atoms with Crippen molar-refractivity contribution in [2.24, 2.45) is 0 Å². The molecule has 1 aromatic heterocycles. The summed E-state index contributed by atoms with van der Waals surface area (Å²) in [6, 6.07) is 1.46. The Morgan fingerprint density at radius 2 is 2.06 bits per heavy atom. The van der Waals surface area contributed by atoms with Gasteiger partial charge in [0.05, 0.1) is 12.2 Å². The van der Waals surface area contributed by atoms with Gasteiger partial charge in [-0.25, -0.2) is 4.79 Å². The molecule has 0 radical (unpaired) electrons. The van der Waals surface area contributed by atoms with Crippen molar-refractivity contribution in [3.05, 3.63) is 45.4 Å². The van der Waals surface area contributed by atoms with Crippen LogP contribution in [0.5, 0.6) is 0 Å². The van der Waals surface area contributed by atoms with Crippen LogP contribution in [0.1, 0.15) is 35.5 Å². The van der Waals surface area contributed by atoms with Gasteiger partial charge in [-0.05, 0) is 33.3 Å². The zero-order valence-corrected chi connectivity index (χ0v) is 11.4. The lowest BCUT2D eigenvalue weighted by Gasteiger charge is -2.15. The Bertz CT molecular complexity index is 541. The van der Waals surface area contributed by atoms with Crippen LogP contribution in [0, 0.1) is 13.8 Å². The minimum absolute atomic E-state index is 0.124. The van der Waals surface area contributed by atoms with E-state index in [4.69, 9.17) is 4.74 Å². The molecule has 0 aliphatic heterocycles. The van der Waals surface area contributed by atoms with Gasteiger partial charge in [0.15, 0.2) is 0 Å². The van der Waals surface area contributed by atoms with Crippen LogP contribution in [0.3, 0.4) is 0 Å². The monoisotopic (exact) mass is 249 g/mol. The molecule has 0 fully saturated rings. The first-order chi connectivity index (χ1) is 8.38. The van der Waals surface area contributed by atoms with Gasteiger partial charge in [0.25, 0.3) is 5.56 Å². The summed E-state index contributed by atoms with van der Waals surface area (Å²) in [5.74, 6) is -0.386. The quantitative estimate of drug-likeness (QED) is 0.607. The smallest absolute Gasteiger partial charge is 0.340 e. The number of hydrogen-bond donors (Lipinski definition) is 0. The van der Waals surface area contributed by atoms with Gasteiger partial charge in [-0.15, -0.1) is 0 Å². The van der Waals surface area contributed by atoms with E-state index in [-0.39, 0.29) is 11.5 Å². The van der Waals surface area contributed by atoms with Crippen LogP contribution in [-0.2, 0) is 11.3 Å². The van der Waals surface area contributed by atoms with Gasteiger partial charge < -0.3 is 9.30 Å². The number of carbonyl (C=O) groups excluding carboxylic acids is 1. The standard InChI is InChI=1S/C14H19NO3/c1-6-18-14(17)13-10(4)7-12(16)15(11(13)5)8-9(2)3/h7H,2,6,8H2,1,3-5H3. The fourth-order valence-corrected chi connectivity index (χ4v) is 1.90. The number of aromatic nitrogens is 1. The molecule has 1 rings (SSSR count). The third kappa shape index (κ3) is 2.88. The first kappa shape index (κ1) is 14.2. The predicted octanol–water partition coefficient (Wildman–Crippen LogP) is 2.22. The average Bonchev–Trinajstić information content (AvgIpc) is 2.24. The Morgan fingerprint density at radius 1 is 1.44 bits per heavy atom. The third-order valence-electron chi connectivity index (χ3n) is 2.67. The zero-order valence-electron chi connectivity index (χ0n) is 11.4. The predicted molar refractivity (Wildman–Crippen MR) is 70.9 cm³/mol. The summed E-state index contributed by atoms with van der Waals surface area (Å²) < 4.78 is 6.56. The number of hydrogen-bond acceptors (Lipinski definition) is 3. The van der Waals surface area contributed by atoms with Crippen LogP contribution in [-0.4, -0.2) is 17.1 Å². The molecule has 0 unspecified atom stereocenters. The maximum atomic E-state index is 11.9. The van der Waals surface area contributed by atoms with Crippen LogP contribution in [0.4, 0.5) is 0 Å². The highest BCUT2D eigenvalue weighted by Crippen LogP contribution is 2.13. The molecule has 4 nitrogen and oxygen atoms in total. The average molecular weight is 249 g/mol. The van der Waals surface area contributed by atoms with Crippen LogP contribution in [0.15, 0.2) is 23.0 Å². The first-order valence-corrected chi connectivity index (χ1v) is 5.91. The van der Waals surface area contributed by atoms with Crippen molar-refractivity contribution in [3.63, 3.8) is 0 Å². The number of aryl methyl sites for hydroxylation is 1. The molecule has 1 heterocycles. The molecule has 0 amide bonds. The molecule has 18 heavy (non-hydrogen) atoms. The number of nitrogens with zero attached hydrogens (tertiary/aromatic N) is 1. The second kappa shape index (κ2) is 5.67. The minimum atomic E-state index is -0.386. The number of allylic oxidation sites excluding steroid dienone is 1. The second-order valence-corrected chi connectivity index (χ2v) is 4.39. The maximum absolute atomic E-state index is 11.9. The third-order valence-corrected chi connectivity index (χ3v) is 2.67. The zero-order chi connectivity index (χ0) is 13.9. The van der Waals surface area contributed by atoms with Gasteiger partial charge in [-0.2, -0.15) is 0 Å². The van der Waals surface area contributed by atoms with Gasteiger partial charge in [-0.1, -0.05) is 12.2 Å².